The van der Waals surface area contributed by atoms with Crippen LogP contribution in [0.25, 0.3) is 0 Å². The SMILES string of the molecule is COCCN(CC(C)C)C(C)C#N. The van der Waals surface area contributed by atoms with Crippen LogP contribution in [0.4, 0.5) is 0 Å². The Hall–Kier alpha value is -0.590. The summed E-state index contributed by atoms with van der Waals surface area (Å²) >= 11 is 0. The Kier molecular flexibility index (Phi) is 6.56. The van der Waals surface area contributed by atoms with Crippen molar-refractivity contribution in [2.24, 2.45) is 5.92 Å². The van der Waals surface area contributed by atoms with Crippen LogP contribution in [0.2, 0.25) is 0 Å². The van der Waals surface area contributed by atoms with E-state index in [1.165, 1.54) is 0 Å². The molecule has 0 saturated carbocycles. The highest BCUT2D eigenvalue weighted by Crippen LogP contribution is 2.03. The van der Waals surface area contributed by atoms with Crippen LogP contribution >= 0.6 is 0 Å². The molecule has 0 bridgehead atoms. The summed E-state index contributed by atoms with van der Waals surface area (Å²) in [6.45, 7) is 8.73. The van der Waals surface area contributed by atoms with Crippen molar-refractivity contribution in [3.05, 3.63) is 0 Å². The van der Waals surface area contributed by atoms with E-state index >= 15 is 0 Å². The van der Waals surface area contributed by atoms with Crippen molar-refractivity contribution in [3.63, 3.8) is 0 Å². The van der Waals surface area contributed by atoms with Gasteiger partial charge in [-0.05, 0) is 12.8 Å². The van der Waals surface area contributed by atoms with Crippen LogP contribution < -0.4 is 0 Å². The standard InChI is InChI=1S/C10H20N2O/c1-9(2)8-12(5-6-13-4)10(3)7-11/h9-10H,5-6,8H2,1-4H3. The lowest BCUT2D eigenvalue weighted by atomic mass is 10.2. The third kappa shape index (κ3) is 5.62. The average Bonchev–Trinajstić information content (AvgIpc) is 2.10. The minimum Gasteiger partial charge on any atom is -0.383 e. The molecule has 0 N–H and O–H groups in total. The number of ether oxygens (including phenoxy) is 1. The molecule has 0 aliphatic heterocycles. The van der Waals surface area contributed by atoms with E-state index in [1.807, 2.05) is 6.92 Å². The smallest absolute Gasteiger partial charge is 0.0950 e. The fourth-order valence-electron chi connectivity index (χ4n) is 1.20. The molecular weight excluding hydrogens is 164 g/mol. The van der Waals surface area contributed by atoms with E-state index in [9.17, 15) is 0 Å². The first-order valence-corrected chi connectivity index (χ1v) is 4.74. The van der Waals surface area contributed by atoms with E-state index in [4.69, 9.17) is 10.00 Å². The molecule has 1 atom stereocenters. The highest BCUT2D eigenvalue weighted by molar-refractivity contribution is 4.88. The van der Waals surface area contributed by atoms with Gasteiger partial charge in [0, 0.05) is 20.2 Å². The van der Waals surface area contributed by atoms with Gasteiger partial charge in [-0.25, -0.2) is 0 Å². The predicted molar refractivity (Wildman–Crippen MR) is 53.4 cm³/mol. The minimum atomic E-state index is -0.0162. The number of nitrogens with zero attached hydrogens (tertiary/aromatic N) is 2. The zero-order valence-electron chi connectivity index (χ0n) is 9.08. The second kappa shape index (κ2) is 6.88. The Bertz CT molecular complexity index is 163. The molecule has 0 radical (unpaired) electrons. The topological polar surface area (TPSA) is 36.3 Å². The lowest BCUT2D eigenvalue weighted by Crippen LogP contribution is -2.37. The number of nitriles is 1. The molecule has 0 spiro atoms. The van der Waals surface area contributed by atoms with Crippen LogP contribution in [-0.4, -0.2) is 37.7 Å². The van der Waals surface area contributed by atoms with E-state index in [0.29, 0.717) is 12.5 Å². The van der Waals surface area contributed by atoms with Gasteiger partial charge in [0.25, 0.3) is 0 Å². The maximum Gasteiger partial charge on any atom is 0.0950 e. The number of hydrogen-bond acceptors (Lipinski definition) is 3. The summed E-state index contributed by atoms with van der Waals surface area (Å²) in [6.07, 6.45) is 0. The number of hydrogen-bond donors (Lipinski definition) is 0. The summed E-state index contributed by atoms with van der Waals surface area (Å²) in [5, 5.41) is 8.78. The first-order chi connectivity index (χ1) is 6.11. The van der Waals surface area contributed by atoms with Crippen LogP contribution in [0.5, 0.6) is 0 Å². The highest BCUT2D eigenvalue weighted by Gasteiger charge is 2.13. The van der Waals surface area contributed by atoms with Gasteiger partial charge in [0.05, 0.1) is 18.7 Å². The quantitative estimate of drug-likeness (QED) is 0.627. The van der Waals surface area contributed by atoms with Crippen LogP contribution in [0.3, 0.4) is 0 Å². The van der Waals surface area contributed by atoms with Crippen LogP contribution in [0.15, 0.2) is 0 Å². The van der Waals surface area contributed by atoms with Crippen molar-refractivity contribution in [2.45, 2.75) is 26.8 Å². The van der Waals surface area contributed by atoms with Gasteiger partial charge in [0.1, 0.15) is 0 Å². The predicted octanol–water partition coefficient (Wildman–Crippen LogP) is 1.50. The van der Waals surface area contributed by atoms with Gasteiger partial charge in [-0.1, -0.05) is 13.8 Å². The van der Waals surface area contributed by atoms with Crippen molar-refractivity contribution >= 4 is 0 Å². The molecule has 0 amide bonds. The van der Waals surface area contributed by atoms with Gasteiger partial charge >= 0.3 is 0 Å². The Morgan fingerprint density at radius 2 is 2.00 bits per heavy atom. The summed E-state index contributed by atoms with van der Waals surface area (Å²) in [7, 11) is 1.69. The zero-order chi connectivity index (χ0) is 10.3. The van der Waals surface area contributed by atoms with Gasteiger partial charge in [0.15, 0.2) is 0 Å². The second-order valence-corrected chi connectivity index (χ2v) is 3.69. The van der Waals surface area contributed by atoms with Crippen molar-refractivity contribution in [2.75, 3.05) is 26.8 Å². The van der Waals surface area contributed by atoms with Crippen molar-refractivity contribution in [1.82, 2.24) is 4.90 Å². The normalized spacial score (nSPS) is 13.3. The molecule has 76 valence electrons. The van der Waals surface area contributed by atoms with E-state index in [0.717, 1.165) is 13.1 Å². The van der Waals surface area contributed by atoms with Crippen LogP contribution in [-0.2, 0) is 4.74 Å². The van der Waals surface area contributed by atoms with Crippen molar-refractivity contribution in [3.8, 4) is 6.07 Å². The first kappa shape index (κ1) is 12.4. The molecule has 0 aliphatic rings. The first-order valence-electron chi connectivity index (χ1n) is 4.74. The zero-order valence-corrected chi connectivity index (χ0v) is 9.08. The molecule has 3 heteroatoms. The molecule has 0 aromatic rings. The summed E-state index contributed by atoms with van der Waals surface area (Å²) in [4.78, 5) is 2.15. The average molecular weight is 184 g/mol. The van der Waals surface area contributed by atoms with Crippen LogP contribution in [0.1, 0.15) is 20.8 Å². The Balaban J connectivity index is 3.96. The summed E-state index contributed by atoms with van der Waals surface area (Å²) in [6, 6.07) is 2.23. The molecule has 0 aliphatic carbocycles. The summed E-state index contributed by atoms with van der Waals surface area (Å²) in [5.41, 5.74) is 0. The molecule has 13 heavy (non-hydrogen) atoms. The fourth-order valence-corrected chi connectivity index (χ4v) is 1.20. The van der Waals surface area contributed by atoms with E-state index in [1.54, 1.807) is 7.11 Å². The molecule has 0 aromatic heterocycles. The molecule has 0 heterocycles. The van der Waals surface area contributed by atoms with E-state index in [2.05, 4.69) is 24.8 Å². The minimum absolute atomic E-state index is 0.0162. The lowest BCUT2D eigenvalue weighted by molar-refractivity contribution is 0.130. The fraction of sp³-hybridized carbons (Fsp3) is 0.900. The Morgan fingerprint density at radius 3 is 2.38 bits per heavy atom. The lowest BCUT2D eigenvalue weighted by Gasteiger charge is -2.25. The monoisotopic (exact) mass is 184 g/mol. The van der Waals surface area contributed by atoms with E-state index in [-0.39, 0.29) is 6.04 Å². The van der Waals surface area contributed by atoms with Gasteiger partial charge in [-0.15, -0.1) is 0 Å². The maximum atomic E-state index is 8.78. The second-order valence-electron chi connectivity index (χ2n) is 3.69. The van der Waals surface area contributed by atoms with Crippen molar-refractivity contribution < 1.29 is 4.74 Å². The Morgan fingerprint density at radius 1 is 1.38 bits per heavy atom. The Labute approximate surface area is 81.3 Å². The molecule has 1 unspecified atom stereocenters. The van der Waals surface area contributed by atoms with E-state index < -0.39 is 0 Å². The molecule has 0 aromatic carbocycles. The van der Waals surface area contributed by atoms with Gasteiger partial charge < -0.3 is 4.74 Å². The molecule has 0 fully saturated rings. The largest absolute Gasteiger partial charge is 0.383 e. The molecular formula is C10H20N2O. The van der Waals surface area contributed by atoms with Gasteiger partial charge in [0.2, 0.25) is 0 Å². The van der Waals surface area contributed by atoms with Gasteiger partial charge in [-0.3, -0.25) is 4.90 Å². The van der Waals surface area contributed by atoms with Crippen molar-refractivity contribution in [1.29, 1.82) is 5.26 Å². The third-order valence-electron chi connectivity index (χ3n) is 1.92. The third-order valence-corrected chi connectivity index (χ3v) is 1.92. The van der Waals surface area contributed by atoms with Gasteiger partial charge in [-0.2, -0.15) is 5.26 Å². The van der Waals surface area contributed by atoms with Crippen LogP contribution in [0, 0.1) is 17.2 Å². The number of methoxy groups -OCH3 is 1. The summed E-state index contributed by atoms with van der Waals surface area (Å²) < 4.78 is 5.00. The number of rotatable bonds is 6. The highest BCUT2D eigenvalue weighted by atomic mass is 16.5. The molecule has 0 rings (SSSR count). The summed E-state index contributed by atoms with van der Waals surface area (Å²) in [5.74, 6) is 0.590. The maximum absolute atomic E-state index is 8.78. The molecule has 3 nitrogen and oxygen atoms in total. The molecule has 0 saturated heterocycles.